The van der Waals surface area contributed by atoms with Crippen molar-refractivity contribution >= 4 is 40.1 Å². The molecule has 1 aromatic heterocycles. The SMILES string of the molecule is CCNC(=O)c1cc(NC(=O)Cn2c(C3CC3)nc3ccccc32)ccc1Cl. The highest BCUT2D eigenvalue weighted by Gasteiger charge is 2.30. The van der Waals surface area contributed by atoms with Crippen molar-refractivity contribution in [3.05, 3.63) is 58.9 Å². The van der Waals surface area contributed by atoms with E-state index in [9.17, 15) is 9.59 Å². The molecule has 6 nitrogen and oxygen atoms in total. The number of halogens is 1. The van der Waals surface area contributed by atoms with Crippen molar-refractivity contribution in [2.45, 2.75) is 32.2 Å². The number of nitrogens with one attached hydrogen (secondary N) is 2. The molecule has 1 aliphatic carbocycles. The summed E-state index contributed by atoms with van der Waals surface area (Å²) in [5, 5.41) is 5.94. The van der Waals surface area contributed by atoms with Gasteiger partial charge in [0.05, 0.1) is 21.6 Å². The van der Waals surface area contributed by atoms with Gasteiger partial charge in [-0.15, -0.1) is 0 Å². The molecule has 0 atom stereocenters. The lowest BCUT2D eigenvalue weighted by molar-refractivity contribution is -0.116. The number of para-hydroxylation sites is 2. The summed E-state index contributed by atoms with van der Waals surface area (Å²) in [7, 11) is 0. The van der Waals surface area contributed by atoms with E-state index in [0.717, 1.165) is 29.7 Å². The van der Waals surface area contributed by atoms with Crippen molar-refractivity contribution in [1.29, 1.82) is 0 Å². The van der Waals surface area contributed by atoms with Gasteiger partial charge < -0.3 is 15.2 Å². The lowest BCUT2D eigenvalue weighted by Gasteiger charge is -2.11. The molecule has 1 aliphatic rings. The maximum absolute atomic E-state index is 12.7. The normalized spacial score (nSPS) is 13.5. The number of benzene rings is 2. The topological polar surface area (TPSA) is 76.0 Å². The lowest BCUT2D eigenvalue weighted by atomic mass is 10.2. The van der Waals surface area contributed by atoms with Crippen molar-refractivity contribution in [2.75, 3.05) is 11.9 Å². The summed E-state index contributed by atoms with van der Waals surface area (Å²) in [5.74, 6) is 0.963. The molecule has 2 amide bonds. The summed E-state index contributed by atoms with van der Waals surface area (Å²) < 4.78 is 1.99. The number of fused-ring (bicyclic) bond motifs is 1. The number of carbonyl (C=O) groups excluding carboxylic acids is 2. The van der Waals surface area contributed by atoms with Crippen molar-refractivity contribution < 1.29 is 9.59 Å². The monoisotopic (exact) mass is 396 g/mol. The molecule has 0 radical (unpaired) electrons. The van der Waals surface area contributed by atoms with Crippen LogP contribution in [0.2, 0.25) is 5.02 Å². The van der Waals surface area contributed by atoms with Crippen LogP contribution in [0.25, 0.3) is 11.0 Å². The molecule has 2 aromatic carbocycles. The lowest BCUT2D eigenvalue weighted by Crippen LogP contribution is -2.24. The van der Waals surface area contributed by atoms with Crippen LogP contribution in [0.15, 0.2) is 42.5 Å². The second-order valence-corrected chi connectivity index (χ2v) is 7.33. The minimum atomic E-state index is -0.264. The van der Waals surface area contributed by atoms with Gasteiger partial charge in [-0.3, -0.25) is 9.59 Å². The van der Waals surface area contributed by atoms with Crippen molar-refractivity contribution in [3.63, 3.8) is 0 Å². The first kappa shape index (κ1) is 18.5. The highest BCUT2D eigenvalue weighted by molar-refractivity contribution is 6.34. The molecule has 1 heterocycles. The Hall–Kier alpha value is -2.86. The number of hydrogen-bond acceptors (Lipinski definition) is 3. The van der Waals surface area contributed by atoms with Gasteiger partial charge in [-0.25, -0.2) is 4.98 Å². The zero-order valence-electron chi connectivity index (χ0n) is 15.5. The minimum Gasteiger partial charge on any atom is -0.352 e. The van der Waals surface area contributed by atoms with E-state index in [0.29, 0.717) is 28.7 Å². The Balaban J connectivity index is 1.56. The quantitative estimate of drug-likeness (QED) is 0.662. The van der Waals surface area contributed by atoms with Gasteiger partial charge in [-0.2, -0.15) is 0 Å². The summed E-state index contributed by atoms with van der Waals surface area (Å²) in [4.78, 5) is 29.5. The average Bonchev–Trinajstić information content (AvgIpc) is 3.46. The Morgan fingerprint density at radius 3 is 2.75 bits per heavy atom. The Labute approximate surface area is 167 Å². The fraction of sp³-hybridized carbons (Fsp3) is 0.286. The van der Waals surface area contributed by atoms with Crippen molar-refractivity contribution in [3.8, 4) is 0 Å². The van der Waals surface area contributed by atoms with E-state index in [4.69, 9.17) is 16.6 Å². The number of amides is 2. The second kappa shape index (κ2) is 7.64. The molecule has 7 heteroatoms. The number of aromatic nitrogens is 2. The highest BCUT2D eigenvalue weighted by atomic mass is 35.5. The van der Waals surface area contributed by atoms with E-state index in [1.165, 1.54) is 0 Å². The molecule has 0 unspecified atom stereocenters. The van der Waals surface area contributed by atoms with Gasteiger partial charge in [-0.05, 0) is 50.1 Å². The number of nitrogens with zero attached hydrogens (tertiary/aromatic N) is 2. The molecule has 0 bridgehead atoms. The fourth-order valence-electron chi connectivity index (χ4n) is 3.29. The molecule has 0 aliphatic heterocycles. The second-order valence-electron chi connectivity index (χ2n) is 6.92. The summed E-state index contributed by atoms with van der Waals surface area (Å²) in [6.45, 7) is 2.51. The first-order valence-corrected chi connectivity index (χ1v) is 9.77. The number of rotatable bonds is 6. The van der Waals surface area contributed by atoms with Gasteiger partial charge in [0.15, 0.2) is 0 Å². The minimum absolute atomic E-state index is 0.172. The average molecular weight is 397 g/mol. The molecule has 1 saturated carbocycles. The van der Waals surface area contributed by atoms with Crippen LogP contribution in [0.1, 0.15) is 41.9 Å². The number of carbonyl (C=O) groups is 2. The van der Waals surface area contributed by atoms with Crippen molar-refractivity contribution in [2.24, 2.45) is 0 Å². The maximum atomic E-state index is 12.7. The third-order valence-corrected chi connectivity index (χ3v) is 5.09. The van der Waals surface area contributed by atoms with E-state index in [2.05, 4.69) is 10.6 Å². The van der Waals surface area contributed by atoms with Crippen molar-refractivity contribution in [1.82, 2.24) is 14.9 Å². The number of imidazole rings is 1. The fourth-order valence-corrected chi connectivity index (χ4v) is 3.49. The molecule has 1 fully saturated rings. The van der Waals surface area contributed by atoms with Crippen LogP contribution in [-0.4, -0.2) is 27.9 Å². The molecule has 0 spiro atoms. The van der Waals surface area contributed by atoms with E-state index < -0.39 is 0 Å². The molecular weight excluding hydrogens is 376 g/mol. The third-order valence-electron chi connectivity index (χ3n) is 4.76. The smallest absolute Gasteiger partial charge is 0.252 e. The van der Waals surface area contributed by atoms with Gasteiger partial charge in [-0.1, -0.05) is 23.7 Å². The van der Waals surface area contributed by atoms with E-state index in [-0.39, 0.29) is 18.4 Å². The Bertz CT molecular complexity index is 1060. The summed E-state index contributed by atoms with van der Waals surface area (Å²) in [6, 6.07) is 12.8. The largest absolute Gasteiger partial charge is 0.352 e. The zero-order valence-corrected chi connectivity index (χ0v) is 16.3. The van der Waals surface area contributed by atoms with E-state index in [1.807, 2.05) is 35.8 Å². The van der Waals surface area contributed by atoms with Gasteiger partial charge >= 0.3 is 0 Å². The Morgan fingerprint density at radius 2 is 2.00 bits per heavy atom. The van der Waals surface area contributed by atoms with Crippen LogP contribution >= 0.6 is 11.6 Å². The van der Waals surface area contributed by atoms with Crippen LogP contribution in [0.4, 0.5) is 5.69 Å². The predicted octanol–water partition coefficient (Wildman–Crippen LogP) is 3.96. The van der Waals surface area contributed by atoms with Gasteiger partial charge in [0.2, 0.25) is 5.91 Å². The van der Waals surface area contributed by atoms with Crippen LogP contribution in [0.5, 0.6) is 0 Å². The Morgan fingerprint density at radius 1 is 1.21 bits per heavy atom. The molecular formula is C21H21ClN4O2. The number of anilines is 1. The molecule has 4 rings (SSSR count). The standard InChI is InChI=1S/C21H21ClN4O2/c1-2-23-21(28)15-11-14(9-10-16(15)22)24-19(27)12-26-18-6-4-3-5-17(18)25-20(26)13-7-8-13/h3-6,9-11,13H,2,7-8,12H2,1H3,(H,23,28)(H,24,27). The highest BCUT2D eigenvalue weighted by Crippen LogP contribution is 2.40. The predicted molar refractivity (Wildman–Crippen MR) is 110 cm³/mol. The summed E-state index contributed by atoms with van der Waals surface area (Å²) >= 11 is 6.12. The van der Waals surface area contributed by atoms with Gasteiger partial charge in [0, 0.05) is 18.2 Å². The number of hydrogen-bond donors (Lipinski definition) is 2. The molecule has 144 valence electrons. The Kier molecular flexibility index (Phi) is 5.05. The van der Waals surface area contributed by atoms with Crippen LogP contribution < -0.4 is 10.6 Å². The third kappa shape index (κ3) is 3.73. The van der Waals surface area contributed by atoms with Gasteiger partial charge in [0.1, 0.15) is 12.4 Å². The van der Waals surface area contributed by atoms with Crippen LogP contribution in [0, 0.1) is 0 Å². The summed E-state index contributed by atoms with van der Waals surface area (Å²) in [5.41, 5.74) is 2.74. The molecule has 3 aromatic rings. The van der Waals surface area contributed by atoms with Gasteiger partial charge in [0.25, 0.3) is 5.91 Å². The molecule has 2 N–H and O–H groups in total. The first-order chi connectivity index (χ1) is 13.6. The van der Waals surface area contributed by atoms with Crippen LogP contribution in [0.3, 0.4) is 0 Å². The van der Waals surface area contributed by atoms with E-state index >= 15 is 0 Å². The van der Waals surface area contributed by atoms with E-state index in [1.54, 1.807) is 18.2 Å². The zero-order chi connectivity index (χ0) is 19.7. The van der Waals surface area contributed by atoms with Crippen LogP contribution in [-0.2, 0) is 11.3 Å². The molecule has 0 saturated heterocycles. The summed E-state index contributed by atoms with van der Waals surface area (Å²) in [6.07, 6.45) is 2.22. The molecule has 28 heavy (non-hydrogen) atoms. The first-order valence-electron chi connectivity index (χ1n) is 9.39. The maximum Gasteiger partial charge on any atom is 0.252 e.